The summed E-state index contributed by atoms with van der Waals surface area (Å²) in [7, 11) is 0. The molecule has 0 bridgehead atoms. The average molecular weight is 279 g/mol. The van der Waals surface area contributed by atoms with E-state index in [1.54, 1.807) is 6.92 Å². The first kappa shape index (κ1) is 13.9. The van der Waals surface area contributed by atoms with Gasteiger partial charge in [0, 0.05) is 13.1 Å². The van der Waals surface area contributed by atoms with Crippen LogP contribution < -0.4 is 10.0 Å². The quantitative estimate of drug-likeness (QED) is 0.485. The van der Waals surface area contributed by atoms with Gasteiger partial charge in [-0.05, 0) is 18.7 Å². The zero-order valence-electron chi connectivity index (χ0n) is 11.0. The lowest BCUT2D eigenvalue weighted by Gasteiger charge is -2.22. The van der Waals surface area contributed by atoms with Crippen molar-refractivity contribution in [1.82, 2.24) is 14.9 Å². The van der Waals surface area contributed by atoms with E-state index in [2.05, 4.69) is 10.0 Å². The van der Waals surface area contributed by atoms with Crippen LogP contribution in [0.5, 0.6) is 0 Å². The fraction of sp³-hybridized carbons (Fsp3) is 0.385. The summed E-state index contributed by atoms with van der Waals surface area (Å²) in [6.07, 6.45) is 1.90. The van der Waals surface area contributed by atoms with E-state index in [1.165, 1.54) is 16.8 Å². The third-order valence-corrected chi connectivity index (χ3v) is 3.70. The molecule has 1 atom stereocenters. The zero-order chi connectivity index (χ0) is 13.9. The Labute approximate surface area is 116 Å². The number of urea groups is 1. The lowest BCUT2D eigenvalue weighted by atomic mass is 9.92. The molecule has 1 aliphatic rings. The molecule has 0 aliphatic carbocycles. The molecule has 0 spiro atoms. The van der Waals surface area contributed by atoms with Gasteiger partial charge >= 0.3 is 6.03 Å². The highest BCUT2D eigenvalue weighted by molar-refractivity contribution is 7.96. The van der Waals surface area contributed by atoms with Crippen LogP contribution in [0.3, 0.4) is 0 Å². The second-order valence-electron chi connectivity index (χ2n) is 4.48. The Balaban J connectivity index is 2.17. The molecule has 6 heteroatoms. The van der Waals surface area contributed by atoms with E-state index in [-0.39, 0.29) is 11.9 Å². The fourth-order valence-corrected chi connectivity index (χ4v) is 2.42. The summed E-state index contributed by atoms with van der Waals surface area (Å²) in [5.41, 5.74) is -0.161. The van der Waals surface area contributed by atoms with Crippen LogP contribution in [0.2, 0.25) is 0 Å². The Morgan fingerprint density at radius 2 is 2.00 bits per heavy atom. The summed E-state index contributed by atoms with van der Waals surface area (Å²) >= 11 is 1.46. The van der Waals surface area contributed by atoms with Crippen LogP contribution in [0, 0.1) is 0 Å². The molecular weight excluding hydrogens is 262 g/mol. The molecule has 5 nitrogen and oxygen atoms in total. The van der Waals surface area contributed by atoms with Crippen molar-refractivity contribution in [2.24, 2.45) is 0 Å². The van der Waals surface area contributed by atoms with Gasteiger partial charge < -0.3 is 5.32 Å². The van der Waals surface area contributed by atoms with E-state index < -0.39 is 5.54 Å². The zero-order valence-corrected chi connectivity index (χ0v) is 11.8. The van der Waals surface area contributed by atoms with Crippen LogP contribution in [0.4, 0.5) is 4.79 Å². The van der Waals surface area contributed by atoms with Crippen LogP contribution in [-0.2, 0) is 10.3 Å². The summed E-state index contributed by atoms with van der Waals surface area (Å²) in [4.78, 5) is 25.6. The maximum atomic E-state index is 12.4. The average Bonchev–Trinajstić information content (AvgIpc) is 2.64. The van der Waals surface area contributed by atoms with E-state index in [9.17, 15) is 9.59 Å². The highest BCUT2D eigenvalue weighted by atomic mass is 32.2. The van der Waals surface area contributed by atoms with Gasteiger partial charge in [-0.3, -0.25) is 14.4 Å². The first-order chi connectivity index (χ1) is 9.09. The van der Waals surface area contributed by atoms with Crippen molar-refractivity contribution in [3.05, 3.63) is 35.9 Å². The monoisotopic (exact) mass is 279 g/mol. The smallest absolute Gasteiger partial charge is 0.319 e. The Bertz CT molecular complexity index is 480. The molecule has 1 unspecified atom stereocenters. The van der Waals surface area contributed by atoms with Gasteiger partial charge in [0.2, 0.25) is 0 Å². The van der Waals surface area contributed by atoms with Gasteiger partial charge in [-0.1, -0.05) is 42.3 Å². The fourth-order valence-electron chi connectivity index (χ4n) is 2.13. The molecule has 102 valence electrons. The normalized spacial score (nSPS) is 22.7. The van der Waals surface area contributed by atoms with Gasteiger partial charge in [0.25, 0.3) is 5.91 Å². The number of nitrogens with zero attached hydrogens (tertiary/aromatic N) is 1. The minimum absolute atomic E-state index is 0.202. The minimum Gasteiger partial charge on any atom is -0.319 e. The highest BCUT2D eigenvalue weighted by Gasteiger charge is 2.48. The first-order valence-electron chi connectivity index (χ1n) is 6.05. The van der Waals surface area contributed by atoms with Crippen molar-refractivity contribution in [2.45, 2.75) is 12.5 Å². The summed E-state index contributed by atoms with van der Waals surface area (Å²) in [6, 6.07) is 8.97. The lowest BCUT2D eigenvalue weighted by Crippen LogP contribution is -2.41. The molecule has 1 heterocycles. The lowest BCUT2D eigenvalue weighted by molar-refractivity contribution is -0.131. The molecule has 1 aromatic rings. The molecule has 1 aromatic carbocycles. The molecule has 2 N–H and O–H groups in total. The summed E-state index contributed by atoms with van der Waals surface area (Å²) in [5, 5.41) is 2.78. The summed E-state index contributed by atoms with van der Waals surface area (Å²) in [5.74, 6) is -0.202. The van der Waals surface area contributed by atoms with Crippen molar-refractivity contribution >= 4 is 23.9 Å². The molecule has 1 fully saturated rings. The van der Waals surface area contributed by atoms with E-state index in [0.717, 1.165) is 5.56 Å². The standard InChI is InChI=1S/C13H17N3O2S/c1-13(10-6-4-3-5-7-10)11(17)16(12(18)15-13)9-8-14-19-2/h3-7,14H,8-9H2,1-2H3,(H,15,18). The number of amides is 3. The second kappa shape index (κ2) is 5.63. The number of rotatable bonds is 5. The van der Waals surface area contributed by atoms with Crippen molar-refractivity contribution in [2.75, 3.05) is 19.3 Å². The third-order valence-electron chi connectivity index (χ3n) is 3.21. The highest BCUT2D eigenvalue weighted by Crippen LogP contribution is 2.28. The number of nitrogens with one attached hydrogen (secondary N) is 2. The minimum atomic E-state index is -0.961. The topological polar surface area (TPSA) is 61.4 Å². The van der Waals surface area contributed by atoms with Gasteiger partial charge in [-0.25, -0.2) is 4.79 Å². The largest absolute Gasteiger partial charge is 0.325 e. The molecule has 0 saturated carbocycles. The predicted octanol–water partition coefficient (Wildman–Crippen LogP) is 1.32. The number of hydrogen-bond donors (Lipinski definition) is 2. The van der Waals surface area contributed by atoms with Crippen molar-refractivity contribution < 1.29 is 9.59 Å². The van der Waals surface area contributed by atoms with Crippen LogP contribution in [-0.4, -0.2) is 36.2 Å². The SMILES string of the molecule is CSNCCN1C(=O)NC(C)(c2ccccc2)C1=O. The molecule has 0 radical (unpaired) electrons. The maximum absolute atomic E-state index is 12.4. The number of carbonyl (C=O) groups excluding carboxylic acids is 2. The van der Waals surface area contributed by atoms with Gasteiger partial charge in [0.15, 0.2) is 0 Å². The van der Waals surface area contributed by atoms with E-state index in [1.807, 2.05) is 36.6 Å². The van der Waals surface area contributed by atoms with Crippen molar-refractivity contribution in [3.63, 3.8) is 0 Å². The molecule has 1 aliphatic heterocycles. The molecule has 19 heavy (non-hydrogen) atoms. The Hall–Kier alpha value is -1.53. The van der Waals surface area contributed by atoms with Crippen LogP contribution in [0.25, 0.3) is 0 Å². The number of hydrogen-bond acceptors (Lipinski definition) is 4. The molecule has 3 amide bonds. The Morgan fingerprint density at radius 3 is 2.63 bits per heavy atom. The van der Waals surface area contributed by atoms with E-state index in [0.29, 0.717) is 13.1 Å². The summed E-state index contributed by atoms with van der Waals surface area (Å²) in [6.45, 7) is 2.68. The van der Waals surface area contributed by atoms with Crippen molar-refractivity contribution in [1.29, 1.82) is 0 Å². The van der Waals surface area contributed by atoms with E-state index in [4.69, 9.17) is 0 Å². The van der Waals surface area contributed by atoms with Gasteiger partial charge in [-0.15, -0.1) is 0 Å². The predicted molar refractivity (Wildman–Crippen MR) is 75.6 cm³/mol. The maximum Gasteiger partial charge on any atom is 0.325 e. The second-order valence-corrected chi connectivity index (χ2v) is 5.17. The van der Waals surface area contributed by atoms with Crippen LogP contribution in [0.15, 0.2) is 30.3 Å². The Kier molecular flexibility index (Phi) is 4.11. The Morgan fingerprint density at radius 1 is 1.32 bits per heavy atom. The molecule has 2 rings (SSSR count). The number of carbonyl (C=O) groups is 2. The van der Waals surface area contributed by atoms with Gasteiger partial charge in [0.05, 0.1) is 0 Å². The van der Waals surface area contributed by atoms with Gasteiger partial charge in [0.1, 0.15) is 5.54 Å². The molecule has 1 saturated heterocycles. The van der Waals surface area contributed by atoms with Gasteiger partial charge in [-0.2, -0.15) is 0 Å². The molecular formula is C13H17N3O2S. The summed E-state index contributed by atoms with van der Waals surface area (Å²) < 4.78 is 3.03. The molecule has 0 aromatic heterocycles. The van der Waals surface area contributed by atoms with E-state index >= 15 is 0 Å². The first-order valence-corrected chi connectivity index (χ1v) is 7.27. The number of imide groups is 1. The van der Waals surface area contributed by atoms with Crippen LogP contribution in [0.1, 0.15) is 12.5 Å². The van der Waals surface area contributed by atoms with Crippen molar-refractivity contribution in [3.8, 4) is 0 Å². The third kappa shape index (κ3) is 2.59. The van der Waals surface area contributed by atoms with Crippen LogP contribution >= 0.6 is 11.9 Å². The number of benzene rings is 1.